The zero-order valence-electron chi connectivity index (χ0n) is 26.4. The van der Waals surface area contributed by atoms with Gasteiger partial charge in [0, 0.05) is 0 Å². The Hall–Kier alpha value is -2.44. The van der Waals surface area contributed by atoms with E-state index in [1.807, 2.05) is 0 Å². The molecular formula is C42H40Cl2Zr. The fourth-order valence-corrected chi connectivity index (χ4v) is 9.56. The maximum Gasteiger partial charge on any atom is 2.00 e. The van der Waals surface area contributed by atoms with Crippen molar-refractivity contribution in [1.29, 1.82) is 0 Å². The molecule has 2 saturated carbocycles. The summed E-state index contributed by atoms with van der Waals surface area (Å²) in [4.78, 5) is 0. The SMILES string of the molecule is CC1(C)CC(C)(c2cccc3c2Cc2ccccc2-3)C2CC(c3cc(-c4ccccc4)cc(-c4ccccc4)c3)CC21.[Cl-].[Cl-].[Zr+2]. The van der Waals surface area contributed by atoms with E-state index in [9.17, 15) is 0 Å². The number of benzene rings is 5. The van der Waals surface area contributed by atoms with E-state index >= 15 is 0 Å². The van der Waals surface area contributed by atoms with Crippen molar-refractivity contribution in [3.05, 3.63) is 144 Å². The molecule has 4 unspecified atom stereocenters. The maximum atomic E-state index is 2.62. The molecule has 0 N–H and O–H groups in total. The van der Waals surface area contributed by atoms with Crippen LogP contribution in [-0.4, -0.2) is 0 Å². The van der Waals surface area contributed by atoms with Crippen molar-refractivity contribution in [2.24, 2.45) is 17.3 Å². The van der Waals surface area contributed by atoms with E-state index in [0.29, 0.717) is 17.3 Å². The minimum absolute atomic E-state index is 0. The van der Waals surface area contributed by atoms with Crippen LogP contribution < -0.4 is 24.8 Å². The molecule has 5 aromatic rings. The molecule has 0 aromatic heterocycles. The molecule has 0 heterocycles. The maximum absolute atomic E-state index is 2.62. The van der Waals surface area contributed by atoms with Gasteiger partial charge in [0.05, 0.1) is 0 Å². The van der Waals surface area contributed by atoms with Crippen LogP contribution in [-0.2, 0) is 38.0 Å². The van der Waals surface area contributed by atoms with E-state index in [2.05, 4.69) is 142 Å². The number of hydrogen-bond donors (Lipinski definition) is 0. The number of fused-ring (bicyclic) bond motifs is 4. The van der Waals surface area contributed by atoms with E-state index in [-0.39, 0.29) is 56.4 Å². The van der Waals surface area contributed by atoms with Gasteiger partial charge in [-0.15, -0.1) is 0 Å². The van der Waals surface area contributed by atoms with Crippen molar-refractivity contribution in [2.75, 3.05) is 0 Å². The first-order chi connectivity index (χ1) is 20.4. The van der Waals surface area contributed by atoms with Gasteiger partial charge >= 0.3 is 26.2 Å². The molecule has 0 aliphatic heterocycles. The van der Waals surface area contributed by atoms with E-state index < -0.39 is 0 Å². The van der Waals surface area contributed by atoms with Gasteiger partial charge in [0.2, 0.25) is 0 Å². The quantitative estimate of drug-likeness (QED) is 0.240. The van der Waals surface area contributed by atoms with Crippen LogP contribution in [0.5, 0.6) is 0 Å². The molecule has 0 bridgehead atoms. The number of rotatable bonds is 4. The zero-order chi connectivity index (χ0) is 28.5. The third-order valence-corrected chi connectivity index (χ3v) is 11.3. The summed E-state index contributed by atoms with van der Waals surface area (Å²) in [6.07, 6.45) is 4.91. The Bertz CT molecular complexity index is 1740. The van der Waals surface area contributed by atoms with Gasteiger partial charge in [0.25, 0.3) is 0 Å². The van der Waals surface area contributed by atoms with Crippen molar-refractivity contribution in [2.45, 2.75) is 57.8 Å². The van der Waals surface area contributed by atoms with Gasteiger partial charge in [-0.3, -0.25) is 0 Å². The first-order valence-electron chi connectivity index (χ1n) is 15.9. The van der Waals surface area contributed by atoms with E-state index in [1.165, 1.54) is 63.8 Å². The Morgan fingerprint density at radius 3 is 1.76 bits per heavy atom. The van der Waals surface area contributed by atoms with Crippen molar-refractivity contribution >= 4 is 0 Å². The fraction of sp³-hybridized carbons (Fsp3) is 0.286. The van der Waals surface area contributed by atoms with E-state index in [0.717, 1.165) is 12.3 Å². The van der Waals surface area contributed by atoms with Crippen LogP contribution in [0.4, 0.5) is 0 Å². The molecule has 3 aliphatic carbocycles. The van der Waals surface area contributed by atoms with Gasteiger partial charge in [-0.25, -0.2) is 0 Å². The molecule has 0 spiro atoms. The molecule has 226 valence electrons. The summed E-state index contributed by atoms with van der Waals surface area (Å²) in [5, 5.41) is 0. The summed E-state index contributed by atoms with van der Waals surface area (Å²) in [5.74, 6) is 2.00. The van der Waals surface area contributed by atoms with Gasteiger partial charge < -0.3 is 24.8 Å². The van der Waals surface area contributed by atoms with Crippen molar-refractivity contribution < 1.29 is 51.0 Å². The number of halogens is 2. The second kappa shape index (κ2) is 13.0. The summed E-state index contributed by atoms with van der Waals surface area (Å²) in [6.45, 7) is 7.74. The van der Waals surface area contributed by atoms with Crippen molar-refractivity contribution in [3.63, 3.8) is 0 Å². The third-order valence-electron chi connectivity index (χ3n) is 11.3. The summed E-state index contributed by atoms with van der Waals surface area (Å²) in [5.41, 5.74) is 15.0. The van der Waals surface area contributed by atoms with Crippen molar-refractivity contribution in [3.8, 4) is 33.4 Å². The van der Waals surface area contributed by atoms with Gasteiger partial charge in [0.1, 0.15) is 0 Å². The normalized spacial score (nSPS) is 23.5. The Morgan fingerprint density at radius 2 is 1.11 bits per heavy atom. The van der Waals surface area contributed by atoms with Crippen LogP contribution in [0, 0.1) is 17.3 Å². The largest absolute Gasteiger partial charge is 2.00 e. The molecule has 0 nitrogen and oxygen atoms in total. The topological polar surface area (TPSA) is 0 Å². The first kappa shape index (κ1) is 33.9. The Labute approximate surface area is 301 Å². The van der Waals surface area contributed by atoms with Crippen LogP contribution in [0.15, 0.2) is 121 Å². The smallest absolute Gasteiger partial charge is 1.00 e. The molecule has 0 amide bonds. The van der Waals surface area contributed by atoms with Crippen LogP contribution in [0.1, 0.15) is 68.2 Å². The van der Waals surface area contributed by atoms with Crippen LogP contribution >= 0.6 is 0 Å². The minimum Gasteiger partial charge on any atom is -1.00 e. The fourth-order valence-electron chi connectivity index (χ4n) is 9.56. The predicted molar refractivity (Wildman–Crippen MR) is 177 cm³/mol. The van der Waals surface area contributed by atoms with Gasteiger partial charge in [-0.05, 0) is 116 Å². The minimum atomic E-state index is 0. The van der Waals surface area contributed by atoms with E-state index in [4.69, 9.17) is 0 Å². The third kappa shape index (κ3) is 5.73. The molecule has 5 aromatic carbocycles. The molecule has 45 heavy (non-hydrogen) atoms. The van der Waals surface area contributed by atoms with Crippen LogP contribution in [0.25, 0.3) is 33.4 Å². The Kier molecular flexibility index (Phi) is 9.79. The monoisotopic (exact) mass is 704 g/mol. The molecule has 4 atom stereocenters. The molecule has 8 rings (SSSR count). The van der Waals surface area contributed by atoms with E-state index in [1.54, 1.807) is 11.1 Å². The molecule has 0 radical (unpaired) electrons. The van der Waals surface area contributed by atoms with Crippen molar-refractivity contribution in [1.82, 2.24) is 0 Å². The first-order valence-corrected chi connectivity index (χ1v) is 15.9. The van der Waals surface area contributed by atoms with Crippen LogP contribution in [0.3, 0.4) is 0 Å². The molecular weight excluding hydrogens is 667 g/mol. The summed E-state index contributed by atoms with van der Waals surface area (Å²) in [6, 6.07) is 45.6. The second-order valence-electron chi connectivity index (χ2n) is 14.2. The van der Waals surface area contributed by atoms with Crippen LogP contribution in [0.2, 0.25) is 0 Å². The summed E-state index contributed by atoms with van der Waals surface area (Å²) in [7, 11) is 0. The van der Waals surface area contributed by atoms with Gasteiger partial charge in [0.15, 0.2) is 0 Å². The van der Waals surface area contributed by atoms with Gasteiger partial charge in [-0.1, -0.05) is 136 Å². The average molecular weight is 707 g/mol. The zero-order valence-corrected chi connectivity index (χ0v) is 30.3. The molecule has 2 fully saturated rings. The standard InChI is InChI=1S/C42H40.2ClH.Zr/c1-41(2)27-42(3,38-20-12-19-36-35-18-11-10-17-30(35)24-37(36)38)40-26-34(25-39(40)41)33-22-31(28-13-6-4-7-14-28)21-32(23-33)29-15-8-5-9-16-29;;;/h4-23,34,39-40H,24-27H2,1-3H3;2*1H;/q;;;+2/p-2. The Balaban J connectivity index is 0.00000133. The molecule has 3 heteroatoms. The Morgan fingerprint density at radius 1 is 0.556 bits per heavy atom. The number of hydrogen-bond acceptors (Lipinski definition) is 0. The molecule has 3 aliphatic rings. The molecule has 0 saturated heterocycles. The average Bonchev–Trinajstić information content (AvgIpc) is 3.70. The van der Waals surface area contributed by atoms with Gasteiger partial charge in [-0.2, -0.15) is 0 Å². The second-order valence-corrected chi connectivity index (χ2v) is 14.2. The summed E-state index contributed by atoms with van der Waals surface area (Å²) >= 11 is 0. The summed E-state index contributed by atoms with van der Waals surface area (Å²) < 4.78 is 0. The predicted octanol–water partition coefficient (Wildman–Crippen LogP) is 5.09.